The fraction of sp³-hybridized carbons (Fsp3) is 0.143. The van der Waals surface area contributed by atoms with Crippen molar-refractivity contribution in [3.63, 3.8) is 0 Å². The molecule has 0 atom stereocenters. The molecule has 3 aromatic rings. The summed E-state index contributed by atoms with van der Waals surface area (Å²) >= 11 is 7.38. The van der Waals surface area contributed by atoms with Crippen LogP contribution in [0.15, 0.2) is 60.7 Å². The summed E-state index contributed by atoms with van der Waals surface area (Å²) in [5.41, 5.74) is 1.81. The van der Waals surface area contributed by atoms with E-state index < -0.39 is 5.97 Å². The Morgan fingerprint density at radius 3 is 2.56 bits per heavy atom. The normalized spacial score (nSPS) is 10.6. The summed E-state index contributed by atoms with van der Waals surface area (Å²) in [5, 5.41) is 5.02. The fourth-order valence-corrected chi connectivity index (χ4v) is 3.44. The minimum atomic E-state index is -0.407. The number of halogens is 1. The topological polar surface area (TPSA) is 55.4 Å². The van der Waals surface area contributed by atoms with Crippen molar-refractivity contribution in [2.45, 2.75) is 6.92 Å². The van der Waals surface area contributed by atoms with Crippen LogP contribution in [0, 0.1) is 6.92 Å². The lowest BCUT2D eigenvalue weighted by molar-refractivity contribution is -0.131. The molecule has 1 amide bonds. The van der Waals surface area contributed by atoms with E-state index in [0.29, 0.717) is 10.8 Å². The van der Waals surface area contributed by atoms with Gasteiger partial charge in [0.1, 0.15) is 5.75 Å². The minimum absolute atomic E-state index is 0.0815. The lowest BCUT2D eigenvalue weighted by Crippen LogP contribution is -2.17. The molecule has 0 fully saturated rings. The lowest BCUT2D eigenvalue weighted by Gasteiger charge is -2.09. The predicted molar refractivity (Wildman–Crippen MR) is 112 cm³/mol. The predicted octanol–water partition coefficient (Wildman–Crippen LogP) is 5.08. The van der Waals surface area contributed by atoms with E-state index in [-0.39, 0.29) is 17.4 Å². The van der Waals surface area contributed by atoms with Gasteiger partial charge in [0.25, 0.3) is 0 Å². The highest BCUT2D eigenvalue weighted by atomic mass is 35.5. The molecule has 0 saturated carbocycles. The summed E-state index contributed by atoms with van der Waals surface area (Å²) < 4.78 is 5.45. The highest BCUT2D eigenvalue weighted by Gasteiger charge is 2.11. The molecule has 138 valence electrons. The molecule has 0 saturated heterocycles. The van der Waals surface area contributed by atoms with Gasteiger partial charge in [-0.3, -0.25) is 9.59 Å². The number of benzene rings is 3. The maximum atomic E-state index is 12.1. The third-order valence-corrected chi connectivity index (χ3v) is 5.05. The highest BCUT2D eigenvalue weighted by Crippen LogP contribution is 2.31. The summed E-state index contributed by atoms with van der Waals surface area (Å²) in [6.45, 7) is 1.96. The van der Waals surface area contributed by atoms with Crippen molar-refractivity contribution in [1.82, 2.24) is 0 Å². The number of anilines is 1. The fourth-order valence-electron chi connectivity index (χ4n) is 2.62. The number of fused-ring (bicyclic) bond motifs is 1. The van der Waals surface area contributed by atoms with Crippen molar-refractivity contribution in [3.05, 3.63) is 71.2 Å². The molecule has 4 nitrogen and oxygen atoms in total. The van der Waals surface area contributed by atoms with E-state index in [1.165, 1.54) is 11.8 Å². The highest BCUT2D eigenvalue weighted by molar-refractivity contribution is 8.00. The average molecular weight is 400 g/mol. The Labute approximate surface area is 166 Å². The largest absolute Gasteiger partial charge is 0.425 e. The van der Waals surface area contributed by atoms with Crippen molar-refractivity contribution in [2.24, 2.45) is 0 Å². The number of hydrogen-bond donors (Lipinski definition) is 1. The second kappa shape index (κ2) is 8.93. The van der Waals surface area contributed by atoms with Gasteiger partial charge in [-0.05, 0) is 36.8 Å². The number of hydrogen-bond acceptors (Lipinski definition) is 4. The number of thioether (sulfide) groups is 1. The summed E-state index contributed by atoms with van der Waals surface area (Å²) in [4.78, 5) is 24.1. The van der Waals surface area contributed by atoms with Crippen LogP contribution in [0.4, 0.5) is 5.69 Å². The van der Waals surface area contributed by atoms with Crippen LogP contribution in [0.5, 0.6) is 5.75 Å². The summed E-state index contributed by atoms with van der Waals surface area (Å²) in [6, 6.07) is 18.4. The van der Waals surface area contributed by atoms with Gasteiger partial charge in [-0.1, -0.05) is 48.0 Å². The van der Waals surface area contributed by atoms with E-state index in [0.717, 1.165) is 22.0 Å². The monoisotopic (exact) mass is 399 g/mol. The van der Waals surface area contributed by atoms with E-state index in [4.69, 9.17) is 16.3 Å². The molecule has 0 aliphatic rings. The zero-order valence-corrected chi connectivity index (χ0v) is 16.3. The van der Waals surface area contributed by atoms with Gasteiger partial charge >= 0.3 is 5.97 Å². The standard InChI is InChI=1S/C21H18ClNO3S/c1-14-5-4-6-15(11-14)23-20(24)12-27-13-21(25)26-19-10-9-18(22)16-7-2-3-8-17(16)19/h2-11H,12-13H2,1H3,(H,23,24). The molecule has 6 heteroatoms. The SMILES string of the molecule is Cc1cccc(NC(=O)CSCC(=O)Oc2ccc(Cl)c3ccccc23)c1. The smallest absolute Gasteiger partial charge is 0.321 e. The molecule has 0 aliphatic heterocycles. The van der Waals surface area contributed by atoms with Crippen LogP contribution >= 0.6 is 23.4 Å². The van der Waals surface area contributed by atoms with E-state index in [9.17, 15) is 9.59 Å². The molecule has 0 bridgehead atoms. The first-order valence-electron chi connectivity index (χ1n) is 8.35. The third kappa shape index (κ3) is 5.25. The molecule has 0 spiro atoms. The molecule has 1 N–H and O–H groups in total. The van der Waals surface area contributed by atoms with Gasteiger partial charge in [0.2, 0.25) is 5.91 Å². The van der Waals surface area contributed by atoms with E-state index >= 15 is 0 Å². The van der Waals surface area contributed by atoms with E-state index in [1.54, 1.807) is 12.1 Å². The lowest BCUT2D eigenvalue weighted by atomic mass is 10.1. The number of rotatable bonds is 6. The Morgan fingerprint density at radius 2 is 1.78 bits per heavy atom. The van der Waals surface area contributed by atoms with Gasteiger partial charge in [-0.2, -0.15) is 0 Å². The number of carbonyl (C=O) groups excluding carboxylic acids is 2. The number of ether oxygens (including phenoxy) is 1. The molecule has 3 aromatic carbocycles. The van der Waals surface area contributed by atoms with Crippen LogP contribution < -0.4 is 10.1 Å². The quantitative estimate of drug-likeness (QED) is 0.464. The molecule has 27 heavy (non-hydrogen) atoms. The van der Waals surface area contributed by atoms with Gasteiger partial charge in [0.15, 0.2) is 0 Å². The molecule has 3 rings (SSSR count). The van der Waals surface area contributed by atoms with Crippen LogP contribution in [0.2, 0.25) is 5.02 Å². The van der Waals surface area contributed by atoms with Crippen LogP contribution in [-0.2, 0) is 9.59 Å². The number of carbonyl (C=O) groups is 2. The van der Waals surface area contributed by atoms with Crippen molar-refractivity contribution in [2.75, 3.05) is 16.8 Å². The zero-order chi connectivity index (χ0) is 19.2. The van der Waals surface area contributed by atoms with Crippen LogP contribution in [0.3, 0.4) is 0 Å². The Bertz CT molecular complexity index is 990. The van der Waals surface area contributed by atoms with Crippen LogP contribution in [0.25, 0.3) is 10.8 Å². The third-order valence-electron chi connectivity index (χ3n) is 3.81. The van der Waals surface area contributed by atoms with Gasteiger partial charge in [0.05, 0.1) is 11.5 Å². The maximum absolute atomic E-state index is 12.1. The number of esters is 1. The van der Waals surface area contributed by atoms with Crippen molar-refractivity contribution < 1.29 is 14.3 Å². The van der Waals surface area contributed by atoms with Crippen LogP contribution in [0.1, 0.15) is 5.56 Å². The molecule has 0 unspecified atom stereocenters. The van der Waals surface area contributed by atoms with Crippen LogP contribution in [-0.4, -0.2) is 23.4 Å². The number of nitrogens with one attached hydrogen (secondary N) is 1. The van der Waals surface area contributed by atoms with Gasteiger partial charge in [-0.15, -0.1) is 11.8 Å². The van der Waals surface area contributed by atoms with E-state index in [2.05, 4.69) is 5.32 Å². The minimum Gasteiger partial charge on any atom is -0.425 e. The average Bonchev–Trinajstić information content (AvgIpc) is 2.64. The Balaban J connectivity index is 1.52. The molecule has 0 aliphatic carbocycles. The Kier molecular flexibility index (Phi) is 6.37. The Hall–Kier alpha value is -2.50. The first-order chi connectivity index (χ1) is 13.0. The second-order valence-electron chi connectivity index (χ2n) is 5.98. The van der Waals surface area contributed by atoms with Gasteiger partial charge < -0.3 is 10.1 Å². The molecule has 0 aromatic heterocycles. The van der Waals surface area contributed by atoms with Crippen molar-refractivity contribution in [3.8, 4) is 5.75 Å². The van der Waals surface area contributed by atoms with Crippen molar-refractivity contribution in [1.29, 1.82) is 0 Å². The first kappa shape index (κ1) is 19.3. The summed E-state index contributed by atoms with van der Waals surface area (Å²) in [5.74, 6) is 0.152. The van der Waals surface area contributed by atoms with Gasteiger partial charge in [-0.25, -0.2) is 0 Å². The van der Waals surface area contributed by atoms with E-state index in [1.807, 2.05) is 55.5 Å². The first-order valence-corrected chi connectivity index (χ1v) is 9.88. The number of aryl methyl sites for hydroxylation is 1. The molecule has 0 heterocycles. The Morgan fingerprint density at radius 1 is 1.00 bits per heavy atom. The van der Waals surface area contributed by atoms with Crippen molar-refractivity contribution >= 4 is 51.7 Å². The summed E-state index contributed by atoms with van der Waals surface area (Å²) in [6.07, 6.45) is 0. The molecule has 0 radical (unpaired) electrons. The maximum Gasteiger partial charge on any atom is 0.321 e. The summed E-state index contributed by atoms with van der Waals surface area (Å²) in [7, 11) is 0. The number of amides is 1. The molecular weight excluding hydrogens is 382 g/mol. The zero-order valence-electron chi connectivity index (χ0n) is 14.7. The second-order valence-corrected chi connectivity index (χ2v) is 7.37. The van der Waals surface area contributed by atoms with Gasteiger partial charge in [0, 0.05) is 21.5 Å². The molecular formula is C21H18ClNO3S.